The largest absolute Gasteiger partial charge is 0.292 e. The van der Waals surface area contributed by atoms with Crippen molar-refractivity contribution in [1.82, 2.24) is 14.7 Å². The number of aromatic nitrogens is 2. The molecule has 0 spiro atoms. The van der Waals surface area contributed by atoms with E-state index in [1.807, 2.05) is 36.3 Å². The predicted molar refractivity (Wildman–Crippen MR) is 85.0 cm³/mol. The molecule has 0 atom stereocenters. The summed E-state index contributed by atoms with van der Waals surface area (Å²) in [6.07, 6.45) is 7.66. The molecule has 1 aliphatic rings. The van der Waals surface area contributed by atoms with Crippen LogP contribution in [0.5, 0.6) is 0 Å². The summed E-state index contributed by atoms with van der Waals surface area (Å²) in [5, 5.41) is 4.22. The Morgan fingerprint density at radius 1 is 1.18 bits per heavy atom. The van der Waals surface area contributed by atoms with E-state index in [1.165, 1.54) is 24.7 Å². The van der Waals surface area contributed by atoms with Crippen LogP contribution in [0.1, 0.15) is 24.0 Å². The summed E-state index contributed by atoms with van der Waals surface area (Å²) < 4.78 is 24.8. The summed E-state index contributed by atoms with van der Waals surface area (Å²) in [6, 6.07) is 7.85. The lowest BCUT2D eigenvalue weighted by Gasteiger charge is -2.21. The minimum atomic E-state index is -3.12. The monoisotopic (exact) mass is 319 g/mol. The molecule has 0 bridgehead atoms. The number of aryl methyl sites for hydroxylation is 1. The van der Waals surface area contributed by atoms with Crippen molar-refractivity contribution in [3.8, 4) is 0 Å². The molecule has 3 rings (SSSR count). The average molecular weight is 319 g/mol. The number of sulfone groups is 1. The van der Waals surface area contributed by atoms with Gasteiger partial charge in [0.15, 0.2) is 9.84 Å². The molecule has 118 valence electrons. The van der Waals surface area contributed by atoms with Crippen LogP contribution in [-0.4, -0.2) is 35.4 Å². The molecule has 1 heterocycles. The molecular weight excluding hydrogens is 298 g/mol. The molecule has 6 heteroatoms. The molecular formula is C16H21N3O2S. The van der Waals surface area contributed by atoms with E-state index in [0.29, 0.717) is 10.9 Å². The quantitative estimate of drug-likeness (QED) is 0.817. The maximum Gasteiger partial charge on any atom is 0.175 e. The van der Waals surface area contributed by atoms with Crippen molar-refractivity contribution in [3.05, 3.63) is 47.8 Å². The van der Waals surface area contributed by atoms with Gasteiger partial charge >= 0.3 is 0 Å². The van der Waals surface area contributed by atoms with Gasteiger partial charge in [0, 0.05) is 44.2 Å². The van der Waals surface area contributed by atoms with E-state index in [0.717, 1.165) is 18.7 Å². The minimum Gasteiger partial charge on any atom is -0.292 e. The third-order valence-electron chi connectivity index (χ3n) is 3.94. The minimum absolute atomic E-state index is 0.376. The molecule has 0 aliphatic heterocycles. The van der Waals surface area contributed by atoms with Gasteiger partial charge in [0.05, 0.1) is 11.1 Å². The Morgan fingerprint density at radius 2 is 1.82 bits per heavy atom. The van der Waals surface area contributed by atoms with Crippen LogP contribution >= 0.6 is 0 Å². The first-order valence-electron chi connectivity index (χ1n) is 7.42. The van der Waals surface area contributed by atoms with Crippen LogP contribution in [0.2, 0.25) is 0 Å². The highest BCUT2D eigenvalue weighted by molar-refractivity contribution is 7.90. The third kappa shape index (κ3) is 3.75. The number of hydrogen-bond acceptors (Lipinski definition) is 4. The highest BCUT2D eigenvalue weighted by atomic mass is 32.2. The standard InChI is InChI=1S/C16H21N3O2S/c1-18-10-14(9-17-18)12-19(15-5-6-15)11-13-3-7-16(8-4-13)22(2,20)21/h3-4,7-10,15H,5-6,11-12H2,1-2H3. The predicted octanol–water partition coefficient (Wildman–Crippen LogP) is 1.99. The van der Waals surface area contributed by atoms with Crippen LogP contribution in [0.3, 0.4) is 0 Å². The topological polar surface area (TPSA) is 55.2 Å². The molecule has 2 aromatic rings. The lowest BCUT2D eigenvalue weighted by molar-refractivity contribution is 0.245. The van der Waals surface area contributed by atoms with E-state index in [1.54, 1.807) is 12.1 Å². The Bertz CT molecular complexity index is 746. The normalized spacial score (nSPS) is 15.4. The summed E-state index contributed by atoms with van der Waals surface area (Å²) in [5.74, 6) is 0. The molecule has 0 N–H and O–H groups in total. The molecule has 0 amide bonds. The van der Waals surface area contributed by atoms with Crippen LogP contribution in [-0.2, 0) is 30.0 Å². The van der Waals surface area contributed by atoms with Crippen molar-refractivity contribution in [1.29, 1.82) is 0 Å². The zero-order chi connectivity index (χ0) is 15.7. The maximum atomic E-state index is 11.5. The van der Waals surface area contributed by atoms with E-state index in [-0.39, 0.29) is 0 Å². The van der Waals surface area contributed by atoms with Crippen LogP contribution < -0.4 is 0 Å². The van der Waals surface area contributed by atoms with Crippen molar-refractivity contribution in [2.45, 2.75) is 36.9 Å². The Kier molecular flexibility index (Phi) is 4.06. The summed E-state index contributed by atoms with van der Waals surface area (Å²) >= 11 is 0. The number of rotatable bonds is 6. The molecule has 22 heavy (non-hydrogen) atoms. The first kappa shape index (κ1) is 15.2. The van der Waals surface area contributed by atoms with E-state index in [4.69, 9.17) is 0 Å². The molecule has 1 fully saturated rings. The summed E-state index contributed by atoms with van der Waals surface area (Å²) in [7, 11) is -1.20. The maximum absolute atomic E-state index is 11.5. The highest BCUT2D eigenvalue weighted by Crippen LogP contribution is 2.30. The van der Waals surface area contributed by atoms with Gasteiger partial charge in [-0.05, 0) is 30.5 Å². The Hall–Kier alpha value is -1.66. The fourth-order valence-corrected chi connectivity index (χ4v) is 3.25. The smallest absolute Gasteiger partial charge is 0.175 e. The molecule has 1 aliphatic carbocycles. The molecule has 1 aromatic carbocycles. The molecule has 0 radical (unpaired) electrons. The third-order valence-corrected chi connectivity index (χ3v) is 5.07. The lowest BCUT2D eigenvalue weighted by Crippen LogP contribution is -2.24. The number of benzene rings is 1. The fourth-order valence-electron chi connectivity index (χ4n) is 2.62. The summed E-state index contributed by atoms with van der Waals surface area (Å²) in [4.78, 5) is 2.81. The van der Waals surface area contributed by atoms with Gasteiger partial charge in [0.25, 0.3) is 0 Å². The van der Waals surface area contributed by atoms with Crippen LogP contribution in [0.15, 0.2) is 41.6 Å². The van der Waals surface area contributed by atoms with Crippen molar-refractivity contribution in [2.75, 3.05) is 6.26 Å². The van der Waals surface area contributed by atoms with Crippen molar-refractivity contribution >= 4 is 9.84 Å². The van der Waals surface area contributed by atoms with Gasteiger partial charge < -0.3 is 0 Å². The van der Waals surface area contributed by atoms with Crippen LogP contribution in [0.4, 0.5) is 0 Å². The second kappa shape index (κ2) is 5.85. The molecule has 0 saturated heterocycles. The second-order valence-electron chi connectivity index (χ2n) is 6.07. The molecule has 1 saturated carbocycles. The van der Waals surface area contributed by atoms with Gasteiger partial charge in [-0.3, -0.25) is 9.58 Å². The van der Waals surface area contributed by atoms with E-state index >= 15 is 0 Å². The van der Waals surface area contributed by atoms with Gasteiger partial charge in [-0.1, -0.05) is 12.1 Å². The summed E-state index contributed by atoms with van der Waals surface area (Å²) in [5.41, 5.74) is 2.35. The van der Waals surface area contributed by atoms with Crippen molar-refractivity contribution in [2.24, 2.45) is 7.05 Å². The Morgan fingerprint density at radius 3 is 2.32 bits per heavy atom. The van der Waals surface area contributed by atoms with Gasteiger partial charge in [0.2, 0.25) is 0 Å². The first-order chi connectivity index (χ1) is 10.4. The SMILES string of the molecule is Cn1cc(CN(Cc2ccc(S(C)(=O)=O)cc2)C2CC2)cn1. The van der Waals surface area contributed by atoms with Gasteiger partial charge in [-0.2, -0.15) is 5.10 Å². The molecule has 5 nitrogen and oxygen atoms in total. The van der Waals surface area contributed by atoms with Gasteiger partial charge in [-0.25, -0.2) is 8.42 Å². The van der Waals surface area contributed by atoms with E-state index in [9.17, 15) is 8.42 Å². The van der Waals surface area contributed by atoms with Crippen molar-refractivity contribution in [3.63, 3.8) is 0 Å². The Labute approximate surface area is 131 Å². The highest BCUT2D eigenvalue weighted by Gasteiger charge is 2.29. The summed E-state index contributed by atoms with van der Waals surface area (Å²) in [6.45, 7) is 1.72. The Balaban J connectivity index is 1.71. The number of hydrogen-bond donors (Lipinski definition) is 0. The van der Waals surface area contributed by atoms with Crippen LogP contribution in [0, 0.1) is 0 Å². The van der Waals surface area contributed by atoms with Crippen molar-refractivity contribution < 1.29 is 8.42 Å². The van der Waals surface area contributed by atoms with Gasteiger partial charge in [-0.15, -0.1) is 0 Å². The van der Waals surface area contributed by atoms with Crippen LogP contribution in [0.25, 0.3) is 0 Å². The van der Waals surface area contributed by atoms with E-state index in [2.05, 4.69) is 10.00 Å². The second-order valence-corrected chi connectivity index (χ2v) is 8.09. The zero-order valence-corrected chi connectivity index (χ0v) is 13.8. The lowest BCUT2D eigenvalue weighted by atomic mass is 10.2. The first-order valence-corrected chi connectivity index (χ1v) is 9.31. The zero-order valence-electron chi connectivity index (χ0n) is 12.9. The van der Waals surface area contributed by atoms with Gasteiger partial charge in [0.1, 0.15) is 0 Å². The number of nitrogens with zero attached hydrogens (tertiary/aromatic N) is 3. The van der Waals surface area contributed by atoms with E-state index < -0.39 is 9.84 Å². The molecule has 1 aromatic heterocycles. The fraction of sp³-hybridized carbons (Fsp3) is 0.438. The average Bonchev–Trinajstić information content (AvgIpc) is 3.22. The molecule has 0 unspecified atom stereocenters.